The summed E-state index contributed by atoms with van der Waals surface area (Å²) in [6.07, 6.45) is 1.44. The third-order valence-corrected chi connectivity index (χ3v) is 1.43. The van der Waals surface area contributed by atoms with E-state index in [0.29, 0.717) is 5.69 Å². The maximum absolute atomic E-state index is 11.1. The summed E-state index contributed by atoms with van der Waals surface area (Å²) >= 11 is 0. The summed E-state index contributed by atoms with van der Waals surface area (Å²) in [5.74, 6) is -0.794. The van der Waals surface area contributed by atoms with Crippen molar-refractivity contribution in [3.8, 4) is 0 Å². The molecule has 0 aliphatic rings. The lowest BCUT2D eigenvalue weighted by molar-refractivity contribution is -0.128. The summed E-state index contributed by atoms with van der Waals surface area (Å²) in [6.45, 7) is 0.972. The molecule has 0 aliphatic heterocycles. The first kappa shape index (κ1) is 11.1. The zero-order valence-corrected chi connectivity index (χ0v) is 8.10. The molecule has 1 heterocycles. The van der Waals surface area contributed by atoms with Crippen molar-refractivity contribution in [3.05, 3.63) is 11.9 Å². The van der Waals surface area contributed by atoms with E-state index in [1.807, 2.05) is 0 Å². The molecule has 1 aromatic heterocycles. The van der Waals surface area contributed by atoms with Crippen LogP contribution in [0, 0.1) is 0 Å². The lowest BCUT2D eigenvalue weighted by Crippen LogP contribution is -2.42. The summed E-state index contributed by atoms with van der Waals surface area (Å²) < 4.78 is 1.25. The van der Waals surface area contributed by atoms with E-state index >= 15 is 0 Å². The number of aromatic nitrogens is 3. The molecule has 8 nitrogen and oxygen atoms in total. The molecule has 0 saturated carbocycles. The SMILES string of the molecule is CC(=O)NNC(=O)Cn1cc(CO)nn1. The number of nitrogens with one attached hydrogen (secondary N) is 2. The van der Waals surface area contributed by atoms with Gasteiger partial charge in [0.15, 0.2) is 0 Å². The predicted octanol–water partition coefficient (Wildman–Crippen LogP) is -2.06. The number of carbonyl (C=O) groups is 2. The van der Waals surface area contributed by atoms with E-state index in [4.69, 9.17) is 5.11 Å². The summed E-state index contributed by atoms with van der Waals surface area (Å²) in [5.41, 5.74) is 4.68. The topological polar surface area (TPSA) is 109 Å². The van der Waals surface area contributed by atoms with Crippen LogP contribution in [0.3, 0.4) is 0 Å². The van der Waals surface area contributed by atoms with Gasteiger partial charge in [-0.1, -0.05) is 5.21 Å². The molecule has 0 spiro atoms. The minimum atomic E-state index is -0.431. The maximum atomic E-state index is 11.1. The van der Waals surface area contributed by atoms with Crippen molar-refractivity contribution in [2.45, 2.75) is 20.1 Å². The smallest absolute Gasteiger partial charge is 0.260 e. The lowest BCUT2D eigenvalue weighted by atomic mass is 10.5. The zero-order valence-electron chi connectivity index (χ0n) is 8.10. The number of hydrogen-bond donors (Lipinski definition) is 3. The van der Waals surface area contributed by atoms with Crippen molar-refractivity contribution in [2.75, 3.05) is 0 Å². The van der Waals surface area contributed by atoms with Crippen LogP contribution in [0.15, 0.2) is 6.20 Å². The number of aliphatic hydroxyl groups excluding tert-OH is 1. The number of hydrogen-bond acceptors (Lipinski definition) is 5. The van der Waals surface area contributed by atoms with Crippen molar-refractivity contribution in [3.63, 3.8) is 0 Å². The van der Waals surface area contributed by atoms with E-state index in [-0.39, 0.29) is 19.1 Å². The fourth-order valence-corrected chi connectivity index (χ4v) is 0.833. The van der Waals surface area contributed by atoms with Gasteiger partial charge < -0.3 is 5.11 Å². The average molecular weight is 213 g/mol. The number of carbonyl (C=O) groups excluding carboxylic acids is 2. The van der Waals surface area contributed by atoms with Gasteiger partial charge in [0.1, 0.15) is 12.2 Å². The molecule has 8 heteroatoms. The van der Waals surface area contributed by atoms with E-state index in [9.17, 15) is 9.59 Å². The molecule has 0 unspecified atom stereocenters. The largest absolute Gasteiger partial charge is 0.390 e. The second-order valence-electron chi connectivity index (χ2n) is 2.79. The minimum Gasteiger partial charge on any atom is -0.390 e. The Kier molecular flexibility index (Phi) is 3.75. The van der Waals surface area contributed by atoms with Crippen molar-refractivity contribution in [1.82, 2.24) is 25.8 Å². The zero-order chi connectivity index (χ0) is 11.3. The standard InChI is InChI=1S/C7H11N5O3/c1-5(14)8-10-7(15)3-12-2-6(4-13)9-11-12/h2,13H,3-4H2,1H3,(H,8,14)(H,10,15). The Hall–Kier alpha value is -1.96. The Bertz CT molecular complexity index is 361. The highest BCUT2D eigenvalue weighted by molar-refractivity contribution is 5.80. The molecule has 1 aromatic rings. The molecule has 0 bridgehead atoms. The first-order valence-corrected chi connectivity index (χ1v) is 4.17. The first-order chi connectivity index (χ1) is 7.11. The monoisotopic (exact) mass is 213 g/mol. The normalized spacial score (nSPS) is 9.73. The maximum Gasteiger partial charge on any atom is 0.260 e. The van der Waals surface area contributed by atoms with Crippen molar-refractivity contribution >= 4 is 11.8 Å². The van der Waals surface area contributed by atoms with Gasteiger partial charge >= 0.3 is 0 Å². The quantitative estimate of drug-likeness (QED) is 0.500. The second-order valence-corrected chi connectivity index (χ2v) is 2.79. The molecule has 1 rings (SSSR count). The van der Waals surface area contributed by atoms with Crippen LogP contribution < -0.4 is 10.9 Å². The molecule has 0 saturated heterocycles. The molecule has 0 radical (unpaired) electrons. The van der Waals surface area contributed by atoms with Crippen LogP contribution in [0.2, 0.25) is 0 Å². The first-order valence-electron chi connectivity index (χ1n) is 4.17. The van der Waals surface area contributed by atoms with Gasteiger partial charge in [0, 0.05) is 6.92 Å². The van der Waals surface area contributed by atoms with Gasteiger partial charge in [0.25, 0.3) is 5.91 Å². The number of rotatable bonds is 3. The van der Waals surface area contributed by atoms with E-state index in [0.717, 1.165) is 0 Å². The van der Waals surface area contributed by atoms with E-state index in [1.165, 1.54) is 17.8 Å². The number of hydrazine groups is 1. The Labute approximate surface area is 85.2 Å². The third-order valence-electron chi connectivity index (χ3n) is 1.43. The van der Waals surface area contributed by atoms with Gasteiger partial charge in [-0.2, -0.15) is 0 Å². The van der Waals surface area contributed by atoms with Gasteiger partial charge in [-0.05, 0) is 0 Å². The van der Waals surface area contributed by atoms with E-state index in [1.54, 1.807) is 0 Å². The van der Waals surface area contributed by atoms with Crippen LogP contribution >= 0.6 is 0 Å². The third kappa shape index (κ3) is 3.73. The molecule has 82 valence electrons. The number of amides is 2. The Morgan fingerprint density at radius 3 is 2.80 bits per heavy atom. The summed E-state index contributed by atoms with van der Waals surface area (Å²) in [5, 5.41) is 15.9. The van der Waals surface area contributed by atoms with Gasteiger partial charge in [-0.15, -0.1) is 5.10 Å². The second kappa shape index (κ2) is 5.05. The Morgan fingerprint density at radius 2 is 2.27 bits per heavy atom. The van der Waals surface area contributed by atoms with Crippen LogP contribution in [0.1, 0.15) is 12.6 Å². The number of nitrogens with zero attached hydrogens (tertiary/aromatic N) is 3. The molecule has 0 atom stereocenters. The van der Waals surface area contributed by atoms with Crippen molar-refractivity contribution in [1.29, 1.82) is 0 Å². The Balaban J connectivity index is 2.40. The molecule has 3 N–H and O–H groups in total. The van der Waals surface area contributed by atoms with Gasteiger partial charge in [0.05, 0.1) is 12.8 Å². The van der Waals surface area contributed by atoms with Crippen LogP contribution in [0.25, 0.3) is 0 Å². The fourth-order valence-electron chi connectivity index (χ4n) is 0.833. The summed E-state index contributed by atoms with van der Waals surface area (Å²) in [7, 11) is 0. The molecular formula is C7H11N5O3. The minimum absolute atomic E-state index is 0.0761. The van der Waals surface area contributed by atoms with Crippen LogP contribution in [0.5, 0.6) is 0 Å². The van der Waals surface area contributed by atoms with Gasteiger partial charge in [-0.3, -0.25) is 20.4 Å². The van der Waals surface area contributed by atoms with Gasteiger partial charge in [0.2, 0.25) is 5.91 Å². The van der Waals surface area contributed by atoms with E-state index < -0.39 is 5.91 Å². The van der Waals surface area contributed by atoms with Crippen LogP contribution in [-0.4, -0.2) is 31.9 Å². The molecule has 0 fully saturated rings. The van der Waals surface area contributed by atoms with E-state index in [2.05, 4.69) is 21.2 Å². The molecule has 0 aliphatic carbocycles. The fraction of sp³-hybridized carbons (Fsp3) is 0.429. The average Bonchev–Trinajstić information content (AvgIpc) is 2.62. The van der Waals surface area contributed by atoms with Crippen molar-refractivity contribution < 1.29 is 14.7 Å². The Morgan fingerprint density at radius 1 is 1.53 bits per heavy atom. The molecule has 2 amide bonds. The predicted molar refractivity (Wildman–Crippen MR) is 47.9 cm³/mol. The highest BCUT2D eigenvalue weighted by Crippen LogP contribution is 1.91. The molecular weight excluding hydrogens is 202 g/mol. The van der Waals surface area contributed by atoms with Crippen LogP contribution in [-0.2, 0) is 22.7 Å². The lowest BCUT2D eigenvalue weighted by Gasteiger charge is -2.03. The van der Waals surface area contributed by atoms with Crippen LogP contribution in [0.4, 0.5) is 0 Å². The van der Waals surface area contributed by atoms with Crippen molar-refractivity contribution in [2.24, 2.45) is 0 Å². The molecule has 15 heavy (non-hydrogen) atoms. The highest BCUT2D eigenvalue weighted by Gasteiger charge is 2.05. The highest BCUT2D eigenvalue weighted by atomic mass is 16.3. The van der Waals surface area contributed by atoms with Gasteiger partial charge in [-0.25, -0.2) is 4.68 Å². The number of aliphatic hydroxyl groups is 1. The molecule has 0 aromatic carbocycles. The summed E-state index contributed by atoms with van der Waals surface area (Å²) in [6, 6.07) is 0. The summed E-state index contributed by atoms with van der Waals surface area (Å²) in [4.78, 5) is 21.6.